The van der Waals surface area contributed by atoms with Crippen LogP contribution in [0.4, 0.5) is 0 Å². The van der Waals surface area contributed by atoms with Gasteiger partial charge in [-0.15, -0.1) is 0 Å². The van der Waals surface area contributed by atoms with E-state index in [2.05, 4.69) is 0 Å². The molecule has 0 spiro atoms. The van der Waals surface area contributed by atoms with Crippen molar-refractivity contribution >= 4 is 0 Å². The predicted molar refractivity (Wildman–Crippen MR) is 84.5 cm³/mol. The number of hydrogen-bond acceptors (Lipinski definition) is 4. The number of aromatic hydroxyl groups is 1. The van der Waals surface area contributed by atoms with Crippen molar-refractivity contribution in [2.24, 2.45) is 11.7 Å². The highest BCUT2D eigenvalue weighted by atomic mass is 16.5. The van der Waals surface area contributed by atoms with Crippen molar-refractivity contribution in [3.63, 3.8) is 0 Å². The molecule has 2 aromatic carbocycles. The fraction of sp³-hybridized carbons (Fsp3) is 0.333. The molecule has 1 fully saturated rings. The molecule has 0 unspecified atom stereocenters. The van der Waals surface area contributed by atoms with E-state index in [-0.39, 0.29) is 11.7 Å². The van der Waals surface area contributed by atoms with Gasteiger partial charge in [-0.1, -0.05) is 30.3 Å². The standard InChI is InChI=1S/C18H21NO3/c19-17(18(21)13-6-7-13)15-9-8-14(10-16(15)20)22-11-12-4-2-1-3-5-12/h1-5,8-10,13,17-18,20-21H,6-7,11,19H2/t17-,18+/m1/s1. The number of phenolic OH excluding ortho intramolecular Hbond substituents is 1. The third-order valence-electron chi connectivity index (χ3n) is 4.08. The van der Waals surface area contributed by atoms with Crippen molar-refractivity contribution in [1.82, 2.24) is 0 Å². The Bertz CT molecular complexity index is 625. The van der Waals surface area contributed by atoms with E-state index in [0.29, 0.717) is 17.9 Å². The highest BCUT2D eigenvalue weighted by Gasteiger charge is 2.35. The molecule has 1 aliphatic rings. The molecule has 0 bridgehead atoms. The smallest absolute Gasteiger partial charge is 0.124 e. The first-order valence-electron chi connectivity index (χ1n) is 7.58. The van der Waals surface area contributed by atoms with Crippen molar-refractivity contribution in [1.29, 1.82) is 0 Å². The average Bonchev–Trinajstić information content (AvgIpc) is 3.37. The van der Waals surface area contributed by atoms with Gasteiger partial charge in [-0.05, 0) is 36.5 Å². The minimum Gasteiger partial charge on any atom is -0.507 e. The second-order valence-electron chi connectivity index (χ2n) is 5.85. The van der Waals surface area contributed by atoms with Crippen LogP contribution >= 0.6 is 0 Å². The Morgan fingerprint density at radius 2 is 1.86 bits per heavy atom. The Kier molecular flexibility index (Phi) is 4.32. The van der Waals surface area contributed by atoms with Gasteiger partial charge in [0.25, 0.3) is 0 Å². The van der Waals surface area contributed by atoms with Crippen LogP contribution in [-0.4, -0.2) is 16.3 Å². The summed E-state index contributed by atoms with van der Waals surface area (Å²) in [6.07, 6.45) is 1.42. The number of nitrogens with two attached hydrogens (primary N) is 1. The first kappa shape index (κ1) is 14.9. The lowest BCUT2D eigenvalue weighted by molar-refractivity contribution is 0.121. The van der Waals surface area contributed by atoms with Gasteiger partial charge in [0.15, 0.2) is 0 Å². The first-order valence-corrected chi connectivity index (χ1v) is 7.58. The molecule has 1 aliphatic carbocycles. The van der Waals surface area contributed by atoms with Crippen molar-refractivity contribution in [2.75, 3.05) is 0 Å². The fourth-order valence-electron chi connectivity index (χ4n) is 2.55. The van der Waals surface area contributed by atoms with Gasteiger partial charge in [-0.3, -0.25) is 0 Å². The van der Waals surface area contributed by atoms with E-state index in [1.165, 1.54) is 0 Å². The number of rotatable bonds is 6. The molecule has 4 heteroatoms. The molecule has 4 nitrogen and oxygen atoms in total. The number of phenols is 1. The summed E-state index contributed by atoms with van der Waals surface area (Å²) in [4.78, 5) is 0. The molecule has 4 N–H and O–H groups in total. The van der Waals surface area contributed by atoms with E-state index in [4.69, 9.17) is 10.5 Å². The van der Waals surface area contributed by atoms with Crippen molar-refractivity contribution in [2.45, 2.75) is 31.6 Å². The monoisotopic (exact) mass is 299 g/mol. The summed E-state index contributed by atoms with van der Waals surface area (Å²) in [7, 11) is 0. The van der Waals surface area contributed by atoms with Gasteiger partial charge in [-0.25, -0.2) is 0 Å². The molecule has 22 heavy (non-hydrogen) atoms. The van der Waals surface area contributed by atoms with Crippen LogP contribution in [0.3, 0.4) is 0 Å². The maximum atomic E-state index is 10.1. The number of aliphatic hydroxyl groups excluding tert-OH is 1. The van der Waals surface area contributed by atoms with Crippen LogP contribution in [0, 0.1) is 5.92 Å². The third-order valence-corrected chi connectivity index (χ3v) is 4.08. The van der Waals surface area contributed by atoms with Crippen molar-refractivity contribution in [3.8, 4) is 11.5 Å². The van der Waals surface area contributed by atoms with Gasteiger partial charge >= 0.3 is 0 Å². The predicted octanol–water partition coefficient (Wildman–Crippen LogP) is 2.74. The largest absolute Gasteiger partial charge is 0.507 e. The highest BCUT2D eigenvalue weighted by molar-refractivity contribution is 5.42. The summed E-state index contributed by atoms with van der Waals surface area (Å²) in [5, 5.41) is 20.2. The van der Waals surface area contributed by atoms with Gasteiger partial charge in [0.05, 0.1) is 12.1 Å². The molecule has 0 aromatic heterocycles. The van der Waals surface area contributed by atoms with Crippen LogP contribution in [0.5, 0.6) is 11.5 Å². The number of aliphatic hydroxyl groups is 1. The quantitative estimate of drug-likeness (QED) is 0.766. The van der Waals surface area contributed by atoms with E-state index in [1.807, 2.05) is 30.3 Å². The van der Waals surface area contributed by atoms with Gasteiger partial charge in [-0.2, -0.15) is 0 Å². The Hall–Kier alpha value is -2.04. The van der Waals surface area contributed by atoms with Crippen LogP contribution in [0.15, 0.2) is 48.5 Å². The molecular formula is C18H21NO3. The van der Waals surface area contributed by atoms with Crippen molar-refractivity contribution in [3.05, 3.63) is 59.7 Å². The highest BCUT2D eigenvalue weighted by Crippen LogP contribution is 2.39. The molecule has 1 saturated carbocycles. The van der Waals surface area contributed by atoms with Crippen LogP contribution in [0.2, 0.25) is 0 Å². The van der Waals surface area contributed by atoms with E-state index < -0.39 is 12.1 Å². The van der Waals surface area contributed by atoms with Gasteiger partial charge in [0.1, 0.15) is 18.1 Å². The molecule has 0 radical (unpaired) electrons. The van der Waals surface area contributed by atoms with Crippen LogP contribution < -0.4 is 10.5 Å². The molecule has 2 atom stereocenters. The Labute approximate surface area is 130 Å². The maximum Gasteiger partial charge on any atom is 0.124 e. The molecule has 3 rings (SSSR count). The Morgan fingerprint density at radius 1 is 1.14 bits per heavy atom. The van der Waals surface area contributed by atoms with Gasteiger partial charge in [0, 0.05) is 11.6 Å². The van der Waals surface area contributed by atoms with Gasteiger partial charge < -0.3 is 20.7 Å². The molecular weight excluding hydrogens is 278 g/mol. The Morgan fingerprint density at radius 3 is 2.50 bits per heavy atom. The lowest BCUT2D eigenvalue weighted by atomic mass is 9.98. The van der Waals surface area contributed by atoms with Crippen LogP contribution in [-0.2, 0) is 6.61 Å². The lowest BCUT2D eigenvalue weighted by Crippen LogP contribution is -2.27. The summed E-state index contributed by atoms with van der Waals surface area (Å²) in [5.41, 5.74) is 7.67. The zero-order valence-electron chi connectivity index (χ0n) is 12.4. The zero-order chi connectivity index (χ0) is 15.5. The summed E-state index contributed by atoms with van der Waals surface area (Å²) in [5.74, 6) is 0.916. The molecule has 116 valence electrons. The average molecular weight is 299 g/mol. The maximum absolute atomic E-state index is 10.1. The van der Waals surface area contributed by atoms with Crippen LogP contribution in [0.25, 0.3) is 0 Å². The summed E-state index contributed by atoms with van der Waals surface area (Å²) in [6.45, 7) is 0.441. The zero-order valence-corrected chi connectivity index (χ0v) is 12.4. The number of benzene rings is 2. The molecule has 0 aliphatic heterocycles. The topological polar surface area (TPSA) is 75.7 Å². The Balaban J connectivity index is 1.66. The minimum atomic E-state index is -0.595. The minimum absolute atomic E-state index is 0.0674. The van der Waals surface area contributed by atoms with E-state index in [0.717, 1.165) is 18.4 Å². The molecule has 0 saturated heterocycles. The van der Waals surface area contributed by atoms with E-state index >= 15 is 0 Å². The summed E-state index contributed by atoms with van der Waals surface area (Å²) >= 11 is 0. The second-order valence-corrected chi connectivity index (χ2v) is 5.85. The van der Waals surface area contributed by atoms with Crippen LogP contribution in [0.1, 0.15) is 30.0 Å². The van der Waals surface area contributed by atoms with E-state index in [1.54, 1.807) is 18.2 Å². The van der Waals surface area contributed by atoms with Gasteiger partial charge in [0.2, 0.25) is 0 Å². The SMILES string of the molecule is N[C@H](c1ccc(OCc2ccccc2)cc1O)[C@@H](O)C1CC1. The van der Waals surface area contributed by atoms with E-state index in [9.17, 15) is 10.2 Å². The summed E-state index contributed by atoms with van der Waals surface area (Å²) < 4.78 is 5.66. The number of ether oxygens (including phenoxy) is 1. The fourth-order valence-corrected chi connectivity index (χ4v) is 2.55. The lowest BCUT2D eigenvalue weighted by Gasteiger charge is -2.20. The van der Waals surface area contributed by atoms with Crippen molar-refractivity contribution < 1.29 is 14.9 Å². The normalized spacial score (nSPS) is 17.0. The molecule has 0 amide bonds. The second kappa shape index (κ2) is 6.38. The third kappa shape index (κ3) is 3.40. The first-order chi connectivity index (χ1) is 10.6. The molecule has 2 aromatic rings. The molecule has 0 heterocycles. The number of hydrogen-bond donors (Lipinski definition) is 3. The summed E-state index contributed by atoms with van der Waals surface area (Å²) in [6, 6.07) is 14.3.